The van der Waals surface area contributed by atoms with Gasteiger partial charge in [0.1, 0.15) is 5.60 Å². The van der Waals surface area contributed by atoms with Crippen LogP contribution in [0.1, 0.15) is 25.7 Å². The Labute approximate surface area is 84.3 Å². The summed E-state index contributed by atoms with van der Waals surface area (Å²) in [6.07, 6.45) is 3.43. The Bertz CT molecular complexity index is 192. The van der Waals surface area contributed by atoms with E-state index in [4.69, 9.17) is 4.74 Å². The van der Waals surface area contributed by atoms with E-state index < -0.39 is 5.60 Å². The second-order valence-electron chi connectivity index (χ2n) is 4.51. The number of nitrogens with one attached hydrogen (secondary N) is 1. The SMILES string of the molecule is O[C@H]1CCC[C@@H]1NCC1(O)CCOC1. The summed E-state index contributed by atoms with van der Waals surface area (Å²) < 4.78 is 5.15. The van der Waals surface area contributed by atoms with E-state index in [1.807, 2.05) is 0 Å². The van der Waals surface area contributed by atoms with Crippen LogP contribution in [0.5, 0.6) is 0 Å². The third-order valence-electron chi connectivity index (χ3n) is 3.26. The Kier molecular flexibility index (Phi) is 3.07. The Morgan fingerprint density at radius 1 is 1.43 bits per heavy atom. The van der Waals surface area contributed by atoms with Crippen molar-refractivity contribution in [2.45, 2.75) is 43.4 Å². The molecule has 1 heterocycles. The monoisotopic (exact) mass is 201 g/mol. The zero-order valence-corrected chi connectivity index (χ0v) is 8.41. The second kappa shape index (κ2) is 4.14. The van der Waals surface area contributed by atoms with E-state index in [0.717, 1.165) is 19.3 Å². The largest absolute Gasteiger partial charge is 0.392 e. The summed E-state index contributed by atoms with van der Waals surface area (Å²) in [6, 6.07) is 0.166. The van der Waals surface area contributed by atoms with Crippen LogP contribution >= 0.6 is 0 Å². The van der Waals surface area contributed by atoms with Gasteiger partial charge in [0, 0.05) is 25.6 Å². The molecule has 14 heavy (non-hydrogen) atoms. The molecule has 0 aromatic rings. The summed E-state index contributed by atoms with van der Waals surface area (Å²) in [5, 5.41) is 22.8. The zero-order chi connectivity index (χ0) is 10.0. The number of aliphatic hydroxyl groups is 2. The van der Waals surface area contributed by atoms with Gasteiger partial charge in [0.25, 0.3) is 0 Å². The number of ether oxygens (including phenoxy) is 1. The van der Waals surface area contributed by atoms with Crippen molar-refractivity contribution >= 4 is 0 Å². The maximum absolute atomic E-state index is 9.97. The lowest BCUT2D eigenvalue weighted by atomic mass is 10.0. The lowest BCUT2D eigenvalue weighted by Gasteiger charge is -2.24. The molecular formula is C10H19NO3. The number of aliphatic hydroxyl groups excluding tert-OH is 1. The highest BCUT2D eigenvalue weighted by atomic mass is 16.5. The molecule has 1 aliphatic carbocycles. The van der Waals surface area contributed by atoms with Crippen LogP contribution in [0.3, 0.4) is 0 Å². The lowest BCUT2D eigenvalue weighted by molar-refractivity contribution is 0.0205. The Balaban J connectivity index is 1.75. The standard InChI is InChI=1S/C10H19NO3/c12-9-3-1-2-8(9)11-6-10(13)4-5-14-7-10/h8-9,11-13H,1-7H2/t8-,9-,10?/m0/s1. The summed E-state index contributed by atoms with van der Waals surface area (Å²) >= 11 is 0. The van der Waals surface area contributed by atoms with Crippen LogP contribution in [-0.2, 0) is 4.74 Å². The van der Waals surface area contributed by atoms with Crippen molar-refractivity contribution in [1.82, 2.24) is 5.32 Å². The molecule has 2 fully saturated rings. The van der Waals surface area contributed by atoms with E-state index in [1.54, 1.807) is 0 Å². The van der Waals surface area contributed by atoms with Crippen LogP contribution in [0.25, 0.3) is 0 Å². The molecule has 3 atom stereocenters. The van der Waals surface area contributed by atoms with Crippen molar-refractivity contribution in [1.29, 1.82) is 0 Å². The molecule has 4 nitrogen and oxygen atoms in total. The number of hydrogen-bond acceptors (Lipinski definition) is 4. The fraction of sp³-hybridized carbons (Fsp3) is 1.00. The van der Waals surface area contributed by atoms with E-state index in [2.05, 4.69) is 5.32 Å². The molecule has 2 aliphatic rings. The van der Waals surface area contributed by atoms with Gasteiger partial charge in [-0.1, -0.05) is 0 Å². The Morgan fingerprint density at radius 2 is 2.29 bits per heavy atom. The predicted molar refractivity (Wildman–Crippen MR) is 52.0 cm³/mol. The van der Waals surface area contributed by atoms with E-state index in [-0.39, 0.29) is 12.1 Å². The van der Waals surface area contributed by atoms with E-state index >= 15 is 0 Å². The van der Waals surface area contributed by atoms with Gasteiger partial charge in [0.2, 0.25) is 0 Å². The lowest BCUT2D eigenvalue weighted by Crippen LogP contribution is -2.47. The average molecular weight is 201 g/mol. The van der Waals surface area contributed by atoms with E-state index in [1.165, 1.54) is 0 Å². The molecule has 0 aromatic carbocycles. The van der Waals surface area contributed by atoms with Gasteiger partial charge in [-0.2, -0.15) is 0 Å². The summed E-state index contributed by atoms with van der Waals surface area (Å²) in [5.41, 5.74) is -0.706. The molecule has 0 amide bonds. The van der Waals surface area contributed by atoms with Crippen molar-refractivity contribution in [3.05, 3.63) is 0 Å². The van der Waals surface area contributed by atoms with Gasteiger partial charge in [0.05, 0.1) is 12.7 Å². The Hall–Kier alpha value is -0.160. The fourth-order valence-corrected chi connectivity index (χ4v) is 2.24. The predicted octanol–water partition coefficient (Wildman–Crippen LogP) is -0.359. The summed E-state index contributed by atoms with van der Waals surface area (Å²) in [5.74, 6) is 0. The van der Waals surface area contributed by atoms with Gasteiger partial charge in [-0.25, -0.2) is 0 Å². The van der Waals surface area contributed by atoms with Crippen LogP contribution in [0, 0.1) is 0 Å². The molecule has 0 radical (unpaired) electrons. The van der Waals surface area contributed by atoms with Crippen LogP contribution in [0.4, 0.5) is 0 Å². The first kappa shape index (κ1) is 10.4. The average Bonchev–Trinajstić information content (AvgIpc) is 2.73. The molecule has 1 aliphatic heterocycles. The van der Waals surface area contributed by atoms with Crippen molar-refractivity contribution in [2.75, 3.05) is 19.8 Å². The Morgan fingerprint density at radius 3 is 2.86 bits per heavy atom. The normalized spacial score (nSPS) is 43.3. The number of hydrogen-bond donors (Lipinski definition) is 3. The first-order valence-corrected chi connectivity index (χ1v) is 5.41. The molecule has 1 saturated heterocycles. The van der Waals surface area contributed by atoms with Gasteiger partial charge in [-0.3, -0.25) is 0 Å². The minimum Gasteiger partial charge on any atom is -0.392 e. The highest BCUT2D eigenvalue weighted by Crippen LogP contribution is 2.21. The first-order chi connectivity index (χ1) is 6.70. The van der Waals surface area contributed by atoms with E-state index in [9.17, 15) is 10.2 Å². The van der Waals surface area contributed by atoms with Crippen molar-refractivity contribution in [2.24, 2.45) is 0 Å². The van der Waals surface area contributed by atoms with Crippen molar-refractivity contribution < 1.29 is 14.9 Å². The fourth-order valence-electron chi connectivity index (χ4n) is 2.24. The van der Waals surface area contributed by atoms with Gasteiger partial charge >= 0.3 is 0 Å². The zero-order valence-electron chi connectivity index (χ0n) is 8.41. The van der Waals surface area contributed by atoms with Gasteiger partial charge in [-0.05, 0) is 19.3 Å². The van der Waals surface area contributed by atoms with Crippen molar-refractivity contribution in [3.63, 3.8) is 0 Å². The third kappa shape index (κ3) is 2.25. The molecule has 1 unspecified atom stereocenters. The molecule has 0 spiro atoms. The molecule has 2 rings (SSSR count). The summed E-state index contributed by atoms with van der Waals surface area (Å²) in [7, 11) is 0. The quantitative estimate of drug-likeness (QED) is 0.583. The van der Waals surface area contributed by atoms with Crippen LogP contribution in [0.15, 0.2) is 0 Å². The molecule has 3 N–H and O–H groups in total. The maximum Gasteiger partial charge on any atom is 0.103 e. The van der Waals surface area contributed by atoms with Crippen LogP contribution in [0.2, 0.25) is 0 Å². The summed E-state index contributed by atoms with van der Waals surface area (Å²) in [6.45, 7) is 1.60. The van der Waals surface area contributed by atoms with Gasteiger partial charge in [0.15, 0.2) is 0 Å². The molecule has 82 valence electrons. The van der Waals surface area contributed by atoms with Gasteiger partial charge in [-0.15, -0.1) is 0 Å². The molecule has 1 saturated carbocycles. The summed E-state index contributed by atoms with van der Waals surface area (Å²) in [4.78, 5) is 0. The topological polar surface area (TPSA) is 61.7 Å². The molecular weight excluding hydrogens is 182 g/mol. The molecule has 4 heteroatoms. The molecule has 0 aromatic heterocycles. The smallest absolute Gasteiger partial charge is 0.103 e. The molecule has 0 bridgehead atoms. The minimum atomic E-state index is -0.706. The highest BCUT2D eigenvalue weighted by molar-refractivity contribution is 4.89. The first-order valence-electron chi connectivity index (χ1n) is 5.41. The van der Waals surface area contributed by atoms with Gasteiger partial charge < -0.3 is 20.3 Å². The second-order valence-corrected chi connectivity index (χ2v) is 4.51. The van der Waals surface area contributed by atoms with Crippen LogP contribution < -0.4 is 5.32 Å². The van der Waals surface area contributed by atoms with Crippen LogP contribution in [-0.4, -0.2) is 47.7 Å². The van der Waals surface area contributed by atoms with E-state index in [0.29, 0.717) is 26.2 Å². The number of rotatable bonds is 3. The minimum absolute atomic E-state index is 0.166. The maximum atomic E-state index is 9.97. The van der Waals surface area contributed by atoms with Crippen molar-refractivity contribution in [3.8, 4) is 0 Å². The third-order valence-corrected chi connectivity index (χ3v) is 3.26. The highest BCUT2D eigenvalue weighted by Gasteiger charge is 2.34.